The molecular formula is C17H19FN2S. The van der Waals surface area contributed by atoms with E-state index in [4.69, 9.17) is 18.0 Å². The van der Waals surface area contributed by atoms with Crippen LogP contribution in [0, 0.1) is 5.82 Å². The third kappa shape index (κ3) is 3.58. The summed E-state index contributed by atoms with van der Waals surface area (Å²) < 4.78 is 13.4. The molecule has 0 aliphatic carbocycles. The summed E-state index contributed by atoms with van der Waals surface area (Å²) in [6.45, 7) is 6.44. The lowest BCUT2D eigenvalue weighted by Gasteiger charge is -2.24. The second-order valence-electron chi connectivity index (χ2n) is 5.97. The van der Waals surface area contributed by atoms with Crippen molar-refractivity contribution in [1.82, 2.24) is 0 Å². The van der Waals surface area contributed by atoms with E-state index >= 15 is 0 Å². The molecular weight excluding hydrogens is 283 g/mol. The Morgan fingerprint density at radius 1 is 1.10 bits per heavy atom. The summed E-state index contributed by atoms with van der Waals surface area (Å²) in [5, 5.41) is 3.32. The molecule has 0 saturated heterocycles. The fourth-order valence-electron chi connectivity index (χ4n) is 2.22. The van der Waals surface area contributed by atoms with Crippen molar-refractivity contribution in [2.75, 3.05) is 5.32 Å². The number of halogens is 1. The van der Waals surface area contributed by atoms with Gasteiger partial charge in [0.05, 0.1) is 0 Å². The Hall–Kier alpha value is -1.94. The van der Waals surface area contributed by atoms with Crippen LogP contribution in [0.3, 0.4) is 0 Å². The van der Waals surface area contributed by atoms with E-state index in [9.17, 15) is 4.39 Å². The third-order valence-electron chi connectivity index (χ3n) is 3.25. The van der Waals surface area contributed by atoms with Gasteiger partial charge in [-0.2, -0.15) is 0 Å². The summed E-state index contributed by atoms with van der Waals surface area (Å²) in [5.41, 5.74) is 9.03. The van der Waals surface area contributed by atoms with E-state index in [-0.39, 0.29) is 16.2 Å². The van der Waals surface area contributed by atoms with E-state index in [1.807, 2.05) is 18.2 Å². The van der Waals surface area contributed by atoms with Gasteiger partial charge in [0.1, 0.15) is 10.8 Å². The average molecular weight is 302 g/mol. The highest BCUT2D eigenvalue weighted by atomic mass is 32.1. The molecule has 0 aliphatic heterocycles. The van der Waals surface area contributed by atoms with Crippen LogP contribution in [0.25, 0.3) is 0 Å². The maximum absolute atomic E-state index is 13.4. The summed E-state index contributed by atoms with van der Waals surface area (Å²) in [6.07, 6.45) is 0. The topological polar surface area (TPSA) is 38.0 Å². The lowest BCUT2D eigenvalue weighted by Crippen LogP contribution is -2.15. The molecule has 0 radical (unpaired) electrons. The van der Waals surface area contributed by atoms with Crippen LogP contribution >= 0.6 is 12.2 Å². The summed E-state index contributed by atoms with van der Waals surface area (Å²) >= 11 is 5.00. The number of benzene rings is 2. The highest BCUT2D eigenvalue weighted by Gasteiger charge is 2.18. The average Bonchev–Trinajstić information content (AvgIpc) is 2.40. The van der Waals surface area contributed by atoms with Crippen molar-refractivity contribution in [3.05, 3.63) is 59.4 Å². The fraction of sp³-hybridized carbons (Fsp3) is 0.235. The standard InChI is InChI=1S/C17H19FN2S/c1-17(2,3)13-6-4-5-7-15(13)20-14-9-8-11(18)10-12(14)16(19)21/h4-10,20H,1-3H3,(H2,19,21). The normalized spacial score (nSPS) is 11.2. The number of anilines is 2. The Kier molecular flexibility index (Phi) is 4.28. The van der Waals surface area contributed by atoms with Crippen molar-refractivity contribution >= 4 is 28.6 Å². The number of hydrogen-bond acceptors (Lipinski definition) is 2. The maximum atomic E-state index is 13.4. The molecule has 2 aromatic rings. The van der Waals surface area contributed by atoms with Crippen molar-refractivity contribution in [1.29, 1.82) is 0 Å². The van der Waals surface area contributed by atoms with Crippen LogP contribution in [-0.4, -0.2) is 4.99 Å². The quantitative estimate of drug-likeness (QED) is 0.820. The minimum Gasteiger partial charge on any atom is -0.389 e. The van der Waals surface area contributed by atoms with Crippen molar-refractivity contribution in [3.8, 4) is 0 Å². The van der Waals surface area contributed by atoms with Crippen LogP contribution in [-0.2, 0) is 5.41 Å². The number of hydrogen-bond donors (Lipinski definition) is 2. The number of rotatable bonds is 3. The molecule has 0 bridgehead atoms. The van der Waals surface area contributed by atoms with E-state index in [2.05, 4.69) is 32.2 Å². The molecule has 4 heteroatoms. The lowest BCUT2D eigenvalue weighted by molar-refractivity contribution is 0.592. The van der Waals surface area contributed by atoms with Crippen LogP contribution in [0.1, 0.15) is 31.9 Å². The first kappa shape index (κ1) is 15.4. The molecule has 0 heterocycles. The molecule has 0 atom stereocenters. The van der Waals surface area contributed by atoms with Gasteiger partial charge in [-0.25, -0.2) is 4.39 Å². The van der Waals surface area contributed by atoms with Crippen molar-refractivity contribution in [2.45, 2.75) is 26.2 Å². The summed E-state index contributed by atoms with van der Waals surface area (Å²) in [4.78, 5) is 0.172. The molecule has 2 rings (SSSR count). The van der Waals surface area contributed by atoms with E-state index < -0.39 is 0 Å². The van der Waals surface area contributed by atoms with Gasteiger partial charge in [0.25, 0.3) is 0 Å². The zero-order valence-corrected chi connectivity index (χ0v) is 13.2. The van der Waals surface area contributed by atoms with E-state index in [1.165, 1.54) is 17.7 Å². The summed E-state index contributed by atoms with van der Waals surface area (Å²) in [7, 11) is 0. The Balaban J connectivity index is 2.47. The van der Waals surface area contributed by atoms with Crippen molar-refractivity contribution in [2.24, 2.45) is 5.73 Å². The van der Waals surface area contributed by atoms with Gasteiger partial charge >= 0.3 is 0 Å². The minimum absolute atomic E-state index is 0.00693. The molecule has 0 spiro atoms. The predicted molar refractivity (Wildman–Crippen MR) is 90.7 cm³/mol. The smallest absolute Gasteiger partial charge is 0.124 e. The minimum atomic E-state index is -0.354. The number of nitrogens with one attached hydrogen (secondary N) is 1. The monoisotopic (exact) mass is 302 g/mol. The summed E-state index contributed by atoms with van der Waals surface area (Å²) in [6, 6.07) is 12.4. The zero-order valence-electron chi connectivity index (χ0n) is 12.4. The largest absolute Gasteiger partial charge is 0.389 e. The maximum Gasteiger partial charge on any atom is 0.124 e. The van der Waals surface area contributed by atoms with E-state index in [0.717, 1.165) is 5.69 Å². The first-order chi connectivity index (χ1) is 9.79. The van der Waals surface area contributed by atoms with Crippen LogP contribution in [0.4, 0.5) is 15.8 Å². The first-order valence-electron chi connectivity index (χ1n) is 6.75. The number of para-hydroxylation sites is 1. The SMILES string of the molecule is CC(C)(C)c1ccccc1Nc1ccc(F)cc1C(N)=S. The zero-order chi connectivity index (χ0) is 15.6. The second-order valence-corrected chi connectivity index (χ2v) is 6.41. The van der Waals surface area contributed by atoms with Gasteiger partial charge in [0, 0.05) is 16.9 Å². The second kappa shape index (κ2) is 5.82. The molecule has 3 N–H and O–H groups in total. The molecule has 0 unspecified atom stereocenters. The third-order valence-corrected chi connectivity index (χ3v) is 3.47. The molecule has 0 aromatic heterocycles. The van der Waals surface area contributed by atoms with Crippen molar-refractivity contribution in [3.63, 3.8) is 0 Å². The van der Waals surface area contributed by atoms with Crippen LogP contribution in [0.5, 0.6) is 0 Å². The summed E-state index contributed by atoms with van der Waals surface area (Å²) in [5.74, 6) is -0.354. The van der Waals surface area contributed by atoms with Gasteiger partial charge < -0.3 is 11.1 Å². The Bertz CT molecular complexity index is 675. The molecule has 2 aromatic carbocycles. The highest BCUT2D eigenvalue weighted by Crippen LogP contribution is 2.32. The molecule has 0 fully saturated rings. The van der Waals surface area contributed by atoms with Crippen LogP contribution < -0.4 is 11.1 Å². The Morgan fingerprint density at radius 2 is 1.76 bits per heavy atom. The number of thiocarbonyl (C=S) groups is 1. The fourth-order valence-corrected chi connectivity index (χ4v) is 2.39. The van der Waals surface area contributed by atoms with Gasteiger partial charge in [0.2, 0.25) is 0 Å². The van der Waals surface area contributed by atoms with Crippen molar-refractivity contribution < 1.29 is 4.39 Å². The number of nitrogens with two attached hydrogens (primary N) is 1. The van der Waals surface area contributed by atoms with Gasteiger partial charge in [0.15, 0.2) is 0 Å². The van der Waals surface area contributed by atoms with Gasteiger partial charge in [-0.1, -0.05) is 51.2 Å². The van der Waals surface area contributed by atoms with Crippen LogP contribution in [0.2, 0.25) is 0 Å². The lowest BCUT2D eigenvalue weighted by atomic mass is 9.85. The van der Waals surface area contributed by atoms with Gasteiger partial charge in [-0.05, 0) is 35.2 Å². The molecule has 0 amide bonds. The van der Waals surface area contributed by atoms with E-state index in [1.54, 1.807) is 6.07 Å². The Morgan fingerprint density at radius 3 is 2.38 bits per heavy atom. The van der Waals surface area contributed by atoms with Crippen LogP contribution in [0.15, 0.2) is 42.5 Å². The molecule has 110 valence electrons. The van der Waals surface area contributed by atoms with E-state index in [0.29, 0.717) is 11.3 Å². The van der Waals surface area contributed by atoms with Gasteiger partial charge in [-0.15, -0.1) is 0 Å². The Labute approximate surface area is 130 Å². The highest BCUT2D eigenvalue weighted by molar-refractivity contribution is 7.80. The molecule has 21 heavy (non-hydrogen) atoms. The van der Waals surface area contributed by atoms with Gasteiger partial charge in [-0.3, -0.25) is 0 Å². The molecule has 2 nitrogen and oxygen atoms in total. The molecule has 0 aliphatic rings. The first-order valence-corrected chi connectivity index (χ1v) is 7.16. The predicted octanol–water partition coefficient (Wildman–Crippen LogP) is 4.50. The molecule has 0 saturated carbocycles.